The minimum atomic E-state index is -3.95. The lowest BCUT2D eigenvalue weighted by Gasteiger charge is -2.27. The third-order valence-electron chi connectivity index (χ3n) is 5.92. The monoisotopic (exact) mass is 502 g/mol. The Labute approximate surface area is 199 Å². The van der Waals surface area contributed by atoms with E-state index in [1.807, 2.05) is 6.07 Å². The van der Waals surface area contributed by atoms with E-state index in [9.17, 15) is 20.1 Å². The number of nitriles is 1. The summed E-state index contributed by atoms with van der Waals surface area (Å²) >= 11 is 0. The van der Waals surface area contributed by atoms with Crippen molar-refractivity contribution in [1.29, 1.82) is 5.26 Å². The van der Waals surface area contributed by atoms with Crippen LogP contribution in [0.5, 0.6) is 0 Å². The minimum Gasteiger partial charge on any atom is -0.465 e. The highest BCUT2D eigenvalue weighted by Crippen LogP contribution is 2.64. The fourth-order valence-electron chi connectivity index (χ4n) is 4.19. The summed E-state index contributed by atoms with van der Waals surface area (Å²) in [5.41, 5.74) is 5.33. The van der Waals surface area contributed by atoms with Crippen molar-refractivity contribution in [3.8, 4) is 6.07 Å². The van der Waals surface area contributed by atoms with E-state index in [-0.39, 0.29) is 30.3 Å². The van der Waals surface area contributed by atoms with E-state index in [0.29, 0.717) is 11.1 Å². The molecule has 14 heteroatoms. The maximum atomic E-state index is 12.0. The number of benzene rings is 1. The zero-order valence-electron chi connectivity index (χ0n) is 18.3. The van der Waals surface area contributed by atoms with Gasteiger partial charge in [-0.05, 0) is 23.8 Å². The normalized spacial score (nSPS) is 30.1. The van der Waals surface area contributed by atoms with Gasteiger partial charge in [0.1, 0.15) is 43.3 Å². The largest absolute Gasteiger partial charge is 0.573 e. The van der Waals surface area contributed by atoms with Crippen molar-refractivity contribution in [2.24, 2.45) is 0 Å². The summed E-state index contributed by atoms with van der Waals surface area (Å²) < 4.78 is 28.7. The molecule has 5 rings (SSSR count). The summed E-state index contributed by atoms with van der Waals surface area (Å²) in [6, 6.07) is 11.7. The smallest absolute Gasteiger partial charge is 0.465 e. The number of carbonyl (C=O) groups is 1. The minimum absolute atomic E-state index is 0.185. The summed E-state index contributed by atoms with van der Waals surface area (Å²) in [7, 11) is -2.69. The number of fused-ring (bicyclic) bond motifs is 2. The van der Waals surface area contributed by atoms with E-state index in [4.69, 9.17) is 28.8 Å². The first-order chi connectivity index (χ1) is 16.8. The van der Waals surface area contributed by atoms with Crippen LogP contribution in [0.15, 0.2) is 42.7 Å². The van der Waals surface area contributed by atoms with Crippen LogP contribution in [-0.2, 0) is 35.3 Å². The molecule has 2 saturated heterocycles. The fourth-order valence-corrected chi connectivity index (χ4v) is 5.58. The van der Waals surface area contributed by atoms with Crippen molar-refractivity contribution < 1.29 is 37.8 Å². The first-order valence-electron chi connectivity index (χ1n) is 10.4. The molecular weight excluding hydrogens is 481 g/mol. The molecule has 0 aliphatic carbocycles. The number of ether oxygens (including phenoxy) is 2. The SMILES string of the molecule is COC(=O)c1ccccc1CO[P+]1(O)OC[C@H]2O[C@@](C#N)(c3ccc4c(N)ncnn34)[C@H](O)[C@@H]2O1. The summed E-state index contributed by atoms with van der Waals surface area (Å²) in [5, 5.41) is 25.4. The van der Waals surface area contributed by atoms with Crippen molar-refractivity contribution in [1.82, 2.24) is 14.6 Å². The van der Waals surface area contributed by atoms with Crippen LogP contribution in [0.25, 0.3) is 5.52 Å². The van der Waals surface area contributed by atoms with Crippen LogP contribution >= 0.6 is 8.17 Å². The second-order valence-electron chi connectivity index (χ2n) is 7.87. The Kier molecular flexibility index (Phi) is 5.90. The van der Waals surface area contributed by atoms with Crippen LogP contribution in [-0.4, -0.2) is 62.6 Å². The second-order valence-corrected chi connectivity index (χ2v) is 9.53. The second kappa shape index (κ2) is 8.78. The van der Waals surface area contributed by atoms with Gasteiger partial charge in [-0.25, -0.2) is 14.3 Å². The lowest BCUT2D eigenvalue weighted by molar-refractivity contribution is -0.0864. The van der Waals surface area contributed by atoms with Gasteiger partial charge in [-0.3, -0.25) is 0 Å². The van der Waals surface area contributed by atoms with Crippen molar-refractivity contribution in [2.75, 3.05) is 19.5 Å². The number of nitrogens with zero attached hydrogens (tertiary/aromatic N) is 4. The molecule has 5 atom stereocenters. The summed E-state index contributed by atoms with van der Waals surface area (Å²) in [4.78, 5) is 26.8. The molecule has 3 aromatic rings. The van der Waals surface area contributed by atoms with Crippen LogP contribution in [0.2, 0.25) is 0 Å². The molecule has 2 fully saturated rings. The number of methoxy groups -OCH3 is 1. The molecule has 0 bridgehead atoms. The zero-order valence-corrected chi connectivity index (χ0v) is 19.2. The highest BCUT2D eigenvalue weighted by molar-refractivity contribution is 7.55. The van der Waals surface area contributed by atoms with Gasteiger partial charge < -0.3 is 20.3 Å². The van der Waals surface area contributed by atoms with E-state index in [0.717, 1.165) is 0 Å². The summed E-state index contributed by atoms with van der Waals surface area (Å²) in [6.07, 6.45) is -2.36. The van der Waals surface area contributed by atoms with E-state index in [2.05, 4.69) is 10.1 Å². The number of rotatable bonds is 5. The molecule has 35 heavy (non-hydrogen) atoms. The number of aliphatic hydroxyl groups excluding tert-OH is 1. The Bertz CT molecular complexity index is 1330. The fraction of sp³-hybridized carbons (Fsp3) is 0.333. The Morgan fingerprint density at radius 3 is 2.97 bits per heavy atom. The highest BCUT2D eigenvalue weighted by atomic mass is 31.2. The van der Waals surface area contributed by atoms with Crippen molar-refractivity contribution in [3.63, 3.8) is 0 Å². The van der Waals surface area contributed by atoms with Gasteiger partial charge in [0.05, 0.1) is 18.4 Å². The number of aliphatic hydroxyl groups is 1. The molecule has 2 aliphatic rings. The predicted molar refractivity (Wildman–Crippen MR) is 118 cm³/mol. The molecule has 2 aliphatic heterocycles. The van der Waals surface area contributed by atoms with Crippen LogP contribution < -0.4 is 5.73 Å². The number of esters is 1. The van der Waals surface area contributed by atoms with Gasteiger partial charge >= 0.3 is 14.1 Å². The van der Waals surface area contributed by atoms with Gasteiger partial charge in [-0.2, -0.15) is 19.8 Å². The maximum absolute atomic E-state index is 12.0. The van der Waals surface area contributed by atoms with E-state index >= 15 is 0 Å². The summed E-state index contributed by atoms with van der Waals surface area (Å²) in [5.74, 6) is -0.382. The average molecular weight is 502 g/mol. The Hall–Kier alpha value is -3.21. The van der Waals surface area contributed by atoms with E-state index in [1.165, 1.54) is 18.0 Å². The zero-order chi connectivity index (χ0) is 24.8. The third kappa shape index (κ3) is 3.81. The average Bonchev–Trinajstić information content (AvgIpc) is 3.43. The predicted octanol–water partition coefficient (Wildman–Crippen LogP) is 0.879. The van der Waals surface area contributed by atoms with Crippen LogP contribution in [0.1, 0.15) is 21.6 Å². The van der Waals surface area contributed by atoms with Crippen LogP contribution in [0.3, 0.4) is 0 Å². The molecular formula is C21H21N5O8P+. The molecule has 0 amide bonds. The molecule has 0 radical (unpaired) electrons. The topological polar surface area (TPSA) is 184 Å². The third-order valence-corrected chi connectivity index (χ3v) is 7.36. The quantitative estimate of drug-likeness (QED) is 0.331. The van der Waals surface area contributed by atoms with Crippen molar-refractivity contribution >= 4 is 25.5 Å². The van der Waals surface area contributed by atoms with Crippen LogP contribution in [0, 0.1) is 11.3 Å². The Morgan fingerprint density at radius 1 is 1.40 bits per heavy atom. The lowest BCUT2D eigenvalue weighted by Crippen LogP contribution is -2.44. The number of carbonyl (C=O) groups excluding carboxylic acids is 1. The molecule has 0 spiro atoms. The van der Waals surface area contributed by atoms with Crippen LogP contribution in [0.4, 0.5) is 5.82 Å². The standard InChI is InChI=1S/C21H21N5O8P/c1-30-20(28)13-5-3-2-4-12(13)8-31-35(29)32-9-15-17(34-35)18(27)21(10-22,33-15)16-7-6-14-19(23)24-11-25-26(14)16/h2-7,11,15,17-18,27,29H,8-9H2,1H3,(H2,23,24,25)/q+1/t15-,17-,18-,21+,35?/m1/s1. The van der Waals surface area contributed by atoms with Gasteiger partial charge in [-0.15, -0.1) is 9.05 Å². The number of nitrogen functional groups attached to an aromatic ring is 1. The Morgan fingerprint density at radius 2 is 2.20 bits per heavy atom. The molecule has 0 saturated carbocycles. The number of aromatic nitrogens is 3. The van der Waals surface area contributed by atoms with Gasteiger partial charge in [0.25, 0.3) is 0 Å². The maximum Gasteiger partial charge on any atom is 0.573 e. The first kappa shape index (κ1) is 23.5. The van der Waals surface area contributed by atoms with E-state index in [1.54, 1.807) is 36.4 Å². The van der Waals surface area contributed by atoms with Gasteiger partial charge in [0.2, 0.25) is 5.60 Å². The number of hydrogen-bond acceptors (Lipinski definition) is 12. The lowest BCUT2D eigenvalue weighted by atomic mass is 9.92. The Balaban J connectivity index is 1.39. The number of nitrogens with two attached hydrogens (primary N) is 1. The molecule has 1 unspecified atom stereocenters. The van der Waals surface area contributed by atoms with Gasteiger partial charge in [-0.1, -0.05) is 18.2 Å². The van der Waals surface area contributed by atoms with E-state index < -0.39 is 38.1 Å². The first-order valence-corrected chi connectivity index (χ1v) is 11.9. The molecule has 1 aromatic carbocycles. The molecule has 13 nitrogen and oxygen atoms in total. The molecule has 4 heterocycles. The number of hydrogen-bond donors (Lipinski definition) is 3. The molecule has 182 valence electrons. The summed E-state index contributed by atoms with van der Waals surface area (Å²) in [6.45, 7) is -0.443. The number of anilines is 1. The molecule has 4 N–H and O–H groups in total. The highest BCUT2D eigenvalue weighted by Gasteiger charge is 2.67. The van der Waals surface area contributed by atoms with Gasteiger partial charge in [0.15, 0.2) is 11.9 Å². The molecule has 2 aromatic heterocycles. The van der Waals surface area contributed by atoms with Crippen molar-refractivity contribution in [2.45, 2.75) is 30.5 Å². The van der Waals surface area contributed by atoms with Gasteiger partial charge in [0, 0.05) is 0 Å². The van der Waals surface area contributed by atoms with Crippen molar-refractivity contribution in [3.05, 3.63) is 59.5 Å².